The van der Waals surface area contributed by atoms with Crippen LogP contribution in [0.1, 0.15) is 28.6 Å². The van der Waals surface area contributed by atoms with Gasteiger partial charge in [-0.15, -0.1) is 0 Å². The van der Waals surface area contributed by atoms with Gasteiger partial charge in [-0.1, -0.05) is 0 Å². The minimum Gasteiger partial charge on any atom is -0.496 e. The number of hydrogen-bond acceptors (Lipinski definition) is 6. The Balaban J connectivity index is 2.24. The summed E-state index contributed by atoms with van der Waals surface area (Å²) in [4.78, 5) is 4.43. The van der Waals surface area contributed by atoms with Crippen LogP contribution < -0.4 is 10.5 Å². The Kier molecular flexibility index (Phi) is 3.88. The molecule has 0 aromatic carbocycles. The van der Waals surface area contributed by atoms with Crippen molar-refractivity contribution in [2.75, 3.05) is 7.11 Å². The third-order valence-corrected chi connectivity index (χ3v) is 3.41. The summed E-state index contributed by atoms with van der Waals surface area (Å²) in [6.45, 7) is 3.98. The fourth-order valence-corrected chi connectivity index (χ4v) is 2.40. The Morgan fingerprint density at radius 2 is 2.17 bits per heavy atom. The van der Waals surface area contributed by atoms with Crippen LogP contribution in [-0.4, -0.2) is 20.8 Å². The predicted octanol–water partition coefficient (Wildman–Crippen LogP) is 1.80. The minimum atomic E-state index is -0.178. The van der Waals surface area contributed by atoms with Crippen LogP contribution in [0.3, 0.4) is 0 Å². The number of pyridine rings is 1. The summed E-state index contributed by atoms with van der Waals surface area (Å²) in [5.74, 6) is 0.878. The Hall–Kier alpha value is -1.53. The standard InChI is InChI=1S/C12H16N4OS/c1-7-5-14-10(8(2)12(7)17-3)4-9(13)11-6-15-18-16-11/h5-6,9H,4,13H2,1-3H3. The Morgan fingerprint density at radius 1 is 1.39 bits per heavy atom. The van der Waals surface area contributed by atoms with Crippen LogP contribution in [0, 0.1) is 13.8 Å². The average molecular weight is 264 g/mol. The normalized spacial score (nSPS) is 12.4. The molecule has 0 aliphatic rings. The number of hydrogen-bond donors (Lipinski definition) is 1. The highest BCUT2D eigenvalue weighted by Gasteiger charge is 2.15. The van der Waals surface area contributed by atoms with Crippen LogP contribution in [0.5, 0.6) is 5.75 Å². The minimum absolute atomic E-state index is 0.178. The van der Waals surface area contributed by atoms with E-state index in [2.05, 4.69) is 13.7 Å². The van der Waals surface area contributed by atoms with Crippen molar-refractivity contribution in [3.63, 3.8) is 0 Å². The van der Waals surface area contributed by atoms with E-state index in [0.717, 1.165) is 28.3 Å². The summed E-state index contributed by atoms with van der Waals surface area (Å²) in [6, 6.07) is -0.178. The highest BCUT2D eigenvalue weighted by Crippen LogP contribution is 2.26. The van der Waals surface area contributed by atoms with Crippen molar-refractivity contribution in [2.24, 2.45) is 5.73 Å². The molecule has 2 heterocycles. The van der Waals surface area contributed by atoms with Gasteiger partial charge in [-0.05, 0) is 13.8 Å². The lowest BCUT2D eigenvalue weighted by Crippen LogP contribution is -2.15. The third kappa shape index (κ3) is 2.49. The number of rotatable bonds is 4. The highest BCUT2D eigenvalue weighted by molar-refractivity contribution is 6.99. The van der Waals surface area contributed by atoms with E-state index in [4.69, 9.17) is 10.5 Å². The molecule has 0 radical (unpaired) electrons. The summed E-state index contributed by atoms with van der Waals surface area (Å²) in [5, 5.41) is 0. The summed E-state index contributed by atoms with van der Waals surface area (Å²) >= 11 is 1.17. The molecule has 2 aromatic heterocycles. The molecule has 5 nitrogen and oxygen atoms in total. The van der Waals surface area contributed by atoms with Gasteiger partial charge in [-0.25, -0.2) is 0 Å². The molecule has 0 spiro atoms. The fraction of sp³-hybridized carbons (Fsp3) is 0.417. The average Bonchev–Trinajstić information content (AvgIpc) is 2.87. The van der Waals surface area contributed by atoms with Gasteiger partial charge in [0.05, 0.1) is 36.8 Å². The quantitative estimate of drug-likeness (QED) is 0.911. The van der Waals surface area contributed by atoms with Gasteiger partial charge in [0.15, 0.2) is 0 Å². The molecule has 6 heteroatoms. The smallest absolute Gasteiger partial charge is 0.128 e. The van der Waals surface area contributed by atoms with Gasteiger partial charge >= 0.3 is 0 Å². The zero-order valence-electron chi connectivity index (χ0n) is 10.7. The molecular formula is C12H16N4OS. The molecule has 1 atom stereocenters. The van der Waals surface area contributed by atoms with E-state index in [1.54, 1.807) is 13.3 Å². The predicted molar refractivity (Wildman–Crippen MR) is 70.8 cm³/mol. The fourth-order valence-electron chi connectivity index (χ4n) is 1.93. The topological polar surface area (TPSA) is 73.9 Å². The van der Waals surface area contributed by atoms with E-state index in [1.165, 1.54) is 11.7 Å². The summed E-state index contributed by atoms with van der Waals surface area (Å²) < 4.78 is 13.5. The van der Waals surface area contributed by atoms with E-state index in [1.807, 2.05) is 20.0 Å². The van der Waals surface area contributed by atoms with Gasteiger partial charge in [0.2, 0.25) is 0 Å². The van der Waals surface area contributed by atoms with E-state index >= 15 is 0 Å². The first-order valence-corrected chi connectivity index (χ1v) is 6.38. The van der Waals surface area contributed by atoms with Crippen molar-refractivity contribution >= 4 is 11.7 Å². The van der Waals surface area contributed by atoms with E-state index in [9.17, 15) is 0 Å². The van der Waals surface area contributed by atoms with Gasteiger partial charge in [0, 0.05) is 29.4 Å². The van der Waals surface area contributed by atoms with Crippen molar-refractivity contribution in [1.82, 2.24) is 13.7 Å². The molecule has 0 amide bonds. The molecule has 2 N–H and O–H groups in total. The lowest BCUT2D eigenvalue weighted by molar-refractivity contribution is 0.406. The molecular weight excluding hydrogens is 248 g/mol. The Morgan fingerprint density at radius 3 is 2.78 bits per heavy atom. The first-order valence-electron chi connectivity index (χ1n) is 5.65. The number of aromatic nitrogens is 3. The number of ether oxygens (including phenoxy) is 1. The molecule has 18 heavy (non-hydrogen) atoms. The number of nitrogens with zero attached hydrogens (tertiary/aromatic N) is 3. The lowest BCUT2D eigenvalue weighted by atomic mass is 10.0. The number of methoxy groups -OCH3 is 1. The second-order valence-electron chi connectivity index (χ2n) is 4.19. The van der Waals surface area contributed by atoms with Gasteiger partial charge < -0.3 is 10.5 Å². The monoisotopic (exact) mass is 264 g/mol. The summed E-state index contributed by atoms with van der Waals surface area (Å²) in [6.07, 6.45) is 4.15. The Bertz CT molecular complexity index is 527. The summed E-state index contributed by atoms with van der Waals surface area (Å²) in [5.41, 5.74) is 9.91. The van der Waals surface area contributed by atoms with E-state index in [0.29, 0.717) is 6.42 Å². The molecule has 0 aliphatic heterocycles. The molecule has 0 fully saturated rings. The highest BCUT2D eigenvalue weighted by atomic mass is 32.1. The van der Waals surface area contributed by atoms with Crippen molar-refractivity contribution in [1.29, 1.82) is 0 Å². The van der Waals surface area contributed by atoms with Crippen molar-refractivity contribution in [3.05, 3.63) is 34.9 Å². The van der Waals surface area contributed by atoms with Crippen LogP contribution in [0.4, 0.5) is 0 Å². The molecule has 0 saturated heterocycles. The first kappa shape index (κ1) is 12.9. The maximum absolute atomic E-state index is 6.09. The van der Waals surface area contributed by atoms with Gasteiger partial charge in [-0.2, -0.15) is 8.75 Å². The molecule has 2 rings (SSSR count). The lowest BCUT2D eigenvalue weighted by Gasteiger charge is -2.14. The SMILES string of the molecule is COc1c(C)cnc(CC(N)c2cnsn2)c1C. The van der Waals surface area contributed by atoms with Crippen LogP contribution in [0.25, 0.3) is 0 Å². The molecule has 0 aliphatic carbocycles. The molecule has 0 bridgehead atoms. The first-order chi connectivity index (χ1) is 8.63. The largest absolute Gasteiger partial charge is 0.496 e. The zero-order valence-corrected chi connectivity index (χ0v) is 11.5. The maximum atomic E-state index is 6.09. The van der Waals surface area contributed by atoms with Crippen molar-refractivity contribution in [3.8, 4) is 5.75 Å². The van der Waals surface area contributed by atoms with Crippen molar-refractivity contribution in [2.45, 2.75) is 26.3 Å². The molecule has 96 valence electrons. The Labute approximate surface area is 110 Å². The van der Waals surface area contributed by atoms with E-state index < -0.39 is 0 Å². The molecule has 2 aromatic rings. The number of nitrogens with two attached hydrogens (primary N) is 1. The van der Waals surface area contributed by atoms with Gasteiger partial charge in [-0.3, -0.25) is 4.98 Å². The second-order valence-corrected chi connectivity index (χ2v) is 4.75. The maximum Gasteiger partial charge on any atom is 0.128 e. The third-order valence-electron chi connectivity index (χ3n) is 2.92. The second kappa shape index (κ2) is 5.41. The van der Waals surface area contributed by atoms with Crippen LogP contribution in [-0.2, 0) is 6.42 Å². The summed E-state index contributed by atoms with van der Waals surface area (Å²) in [7, 11) is 1.67. The van der Waals surface area contributed by atoms with Crippen LogP contribution in [0.15, 0.2) is 12.4 Å². The van der Waals surface area contributed by atoms with Gasteiger partial charge in [0.25, 0.3) is 0 Å². The molecule has 0 saturated carbocycles. The number of aryl methyl sites for hydroxylation is 1. The van der Waals surface area contributed by atoms with Crippen LogP contribution >= 0.6 is 11.7 Å². The van der Waals surface area contributed by atoms with Crippen LogP contribution in [0.2, 0.25) is 0 Å². The van der Waals surface area contributed by atoms with E-state index in [-0.39, 0.29) is 6.04 Å². The molecule has 1 unspecified atom stereocenters. The zero-order chi connectivity index (χ0) is 13.1. The van der Waals surface area contributed by atoms with Crippen molar-refractivity contribution < 1.29 is 4.74 Å². The van der Waals surface area contributed by atoms with Gasteiger partial charge in [0.1, 0.15) is 5.75 Å².